The second-order valence-electron chi connectivity index (χ2n) is 9.34. The number of carbonyl (C=O) groups excluding carboxylic acids is 1. The maximum atomic E-state index is 13.5. The molecule has 7 nitrogen and oxygen atoms in total. The van der Waals surface area contributed by atoms with Crippen molar-refractivity contribution in [3.63, 3.8) is 0 Å². The van der Waals surface area contributed by atoms with Gasteiger partial charge in [0.1, 0.15) is 25.0 Å². The van der Waals surface area contributed by atoms with Crippen LogP contribution in [0.5, 0.6) is 5.75 Å². The van der Waals surface area contributed by atoms with Crippen LogP contribution in [0.15, 0.2) is 101 Å². The summed E-state index contributed by atoms with van der Waals surface area (Å²) in [6.07, 6.45) is 2.20. The molecule has 0 aliphatic carbocycles. The van der Waals surface area contributed by atoms with Gasteiger partial charge in [0.25, 0.3) is 0 Å². The van der Waals surface area contributed by atoms with Crippen molar-refractivity contribution in [1.29, 1.82) is 0 Å². The van der Waals surface area contributed by atoms with Gasteiger partial charge in [-0.3, -0.25) is 0 Å². The van der Waals surface area contributed by atoms with E-state index in [1.54, 1.807) is 16.4 Å². The average Bonchev–Trinajstić information content (AvgIpc) is 3.38. The van der Waals surface area contributed by atoms with Crippen LogP contribution in [-0.2, 0) is 22.7 Å². The first-order chi connectivity index (χ1) is 19.1. The number of fused-ring (bicyclic) bond motifs is 1. The molecule has 8 heteroatoms. The van der Waals surface area contributed by atoms with E-state index in [0.717, 1.165) is 41.0 Å². The van der Waals surface area contributed by atoms with Crippen molar-refractivity contribution < 1.29 is 14.3 Å². The number of hydrogen-bond acceptors (Lipinski definition) is 7. The number of ether oxygens (including phenoxy) is 2. The molecule has 4 aromatic rings. The van der Waals surface area contributed by atoms with Crippen molar-refractivity contribution >= 4 is 23.7 Å². The number of unbranched alkanes of at least 4 members (excludes halogenated alkanes) is 1. The first kappa shape index (κ1) is 26.6. The van der Waals surface area contributed by atoms with E-state index in [9.17, 15) is 4.79 Å². The van der Waals surface area contributed by atoms with E-state index in [0.29, 0.717) is 29.0 Å². The maximum Gasteiger partial charge on any atom is 0.338 e. The predicted molar refractivity (Wildman–Crippen MR) is 154 cm³/mol. The van der Waals surface area contributed by atoms with Crippen LogP contribution in [0.1, 0.15) is 49.4 Å². The Morgan fingerprint density at radius 3 is 2.28 bits per heavy atom. The number of anilines is 1. The molecule has 39 heavy (non-hydrogen) atoms. The van der Waals surface area contributed by atoms with Gasteiger partial charge >= 0.3 is 5.97 Å². The second kappa shape index (κ2) is 12.7. The minimum absolute atomic E-state index is 0.192. The molecule has 0 saturated carbocycles. The molecule has 5 rings (SSSR count). The molecule has 0 amide bonds. The van der Waals surface area contributed by atoms with Crippen molar-refractivity contribution in [2.24, 2.45) is 0 Å². The van der Waals surface area contributed by atoms with Gasteiger partial charge in [-0.25, -0.2) is 9.48 Å². The lowest BCUT2D eigenvalue weighted by atomic mass is 9.95. The van der Waals surface area contributed by atoms with Crippen molar-refractivity contribution in [1.82, 2.24) is 14.8 Å². The number of hydrogen-bond donors (Lipinski definition) is 1. The van der Waals surface area contributed by atoms with Gasteiger partial charge in [0, 0.05) is 11.4 Å². The normalized spacial score (nSPS) is 14.5. The molecule has 0 fully saturated rings. The summed E-state index contributed by atoms with van der Waals surface area (Å²) in [5.74, 6) is 1.91. The van der Waals surface area contributed by atoms with Crippen LogP contribution < -0.4 is 10.1 Å². The van der Waals surface area contributed by atoms with Crippen LogP contribution >= 0.6 is 11.8 Å². The van der Waals surface area contributed by atoms with Crippen LogP contribution in [0.4, 0.5) is 5.95 Å². The quantitative estimate of drug-likeness (QED) is 0.128. The average molecular weight is 541 g/mol. The molecule has 3 aromatic carbocycles. The number of nitrogens with one attached hydrogen (secondary N) is 1. The highest BCUT2D eigenvalue weighted by Gasteiger charge is 2.35. The first-order valence-corrected chi connectivity index (χ1v) is 14.2. The minimum Gasteiger partial charge on any atom is -0.489 e. The Labute approximate surface area is 233 Å². The molecule has 1 N–H and O–H groups in total. The monoisotopic (exact) mass is 540 g/mol. The zero-order valence-corrected chi connectivity index (χ0v) is 23.0. The molecule has 1 unspecified atom stereocenters. The summed E-state index contributed by atoms with van der Waals surface area (Å²) in [6, 6.07) is 27.0. The Kier molecular flexibility index (Phi) is 8.63. The molecule has 1 atom stereocenters. The van der Waals surface area contributed by atoms with Gasteiger partial charge < -0.3 is 14.8 Å². The van der Waals surface area contributed by atoms with Gasteiger partial charge in [0.15, 0.2) is 0 Å². The van der Waals surface area contributed by atoms with Gasteiger partial charge in [-0.2, -0.15) is 4.98 Å². The van der Waals surface area contributed by atoms with Crippen molar-refractivity contribution in [2.75, 3.05) is 11.1 Å². The highest BCUT2D eigenvalue weighted by atomic mass is 32.2. The molecule has 0 bridgehead atoms. The zero-order chi connectivity index (χ0) is 27.0. The molecule has 0 saturated heterocycles. The minimum atomic E-state index is -0.485. The fourth-order valence-corrected chi connectivity index (χ4v) is 5.27. The van der Waals surface area contributed by atoms with Crippen LogP contribution in [0.3, 0.4) is 0 Å². The molecule has 1 aromatic heterocycles. The predicted octanol–water partition coefficient (Wildman–Crippen LogP) is 6.78. The Hall–Kier alpha value is -4.04. The van der Waals surface area contributed by atoms with E-state index in [-0.39, 0.29) is 12.6 Å². The Morgan fingerprint density at radius 2 is 1.62 bits per heavy atom. The number of rotatable bonds is 11. The molecule has 2 heterocycles. The molecule has 200 valence electrons. The lowest BCUT2D eigenvalue weighted by Gasteiger charge is -2.28. The Bertz CT molecular complexity index is 1420. The summed E-state index contributed by atoms with van der Waals surface area (Å²) in [6.45, 7) is 4.72. The summed E-state index contributed by atoms with van der Waals surface area (Å²) < 4.78 is 13.6. The number of carbonyl (C=O) groups is 1. The number of nitrogens with zero attached hydrogens (tertiary/aromatic N) is 3. The van der Waals surface area contributed by atoms with Crippen molar-refractivity contribution in [2.45, 2.75) is 51.1 Å². The van der Waals surface area contributed by atoms with E-state index in [1.807, 2.05) is 91.9 Å². The number of benzene rings is 3. The molecule has 0 radical (unpaired) electrons. The Balaban J connectivity index is 1.41. The largest absolute Gasteiger partial charge is 0.489 e. The maximum absolute atomic E-state index is 13.5. The Morgan fingerprint density at radius 1 is 0.949 bits per heavy atom. The van der Waals surface area contributed by atoms with Gasteiger partial charge in [-0.15, -0.1) is 5.10 Å². The van der Waals surface area contributed by atoms with Crippen LogP contribution in [-0.4, -0.2) is 26.5 Å². The van der Waals surface area contributed by atoms with E-state index < -0.39 is 6.04 Å². The smallest absolute Gasteiger partial charge is 0.338 e. The van der Waals surface area contributed by atoms with E-state index in [2.05, 4.69) is 12.2 Å². The number of allylic oxidation sites excluding steroid dienone is 1. The van der Waals surface area contributed by atoms with E-state index >= 15 is 0 Å². The summed E-state index contributed by atoms with van der Waals surface area (Å²) in [7, 11) is 0. The van der Waals surface area contributed by atoms with Gasteiger partial charge in [-0.1, -0.05) is 97.9 Å². The molecule has 1 aliphatic rings. The summed E-state index contributed by atoms with van der Waals surface area (Å²) in [5.41, 5.74) is 4.13. The van der Waals surface area contributed by atoms with Crippen molar-refractivity contribution in [3.05, 3.63) is 113 Å². The number of thioether (sulfide) groups is 1. The SMILES string of the molecule is CCCCSc1nc2n(n1)C(c1ccc(OCc3ccccc3)cc1)C(C(=O)OCc1ccccc1)=C(C)N2. The highest BCUT2D eigenvalue weighted by molar-refractivity contribution is 7.99. The van der Waals surface area contributed by atoms with Gasteiger partial charge in [-0.05, 0) is 42.2 Å². The van der Waals surface area contributed by atoms with Crippen molar-refractivity contribution in [3.8, 4) is 5.75 Å². The number of esters is 1. The van der Waals surface area contributed by atoms with E-state index in [1.165, 1.54) is 0 Å². The fraction of sp³-hybridized carbons (Fsp3) is 0.258. The summed E-state index contributed by atoms with van der Waals surface area (Å²) >= 11 is 1.62. The third kappa shape index (κ3) is 6.52. The highest BCUT2D eigenvalue weighted by Crippen LogP contribution is 2.37. The third-order valence-electron chi connectivity index (χ3n) is 6.44. The van der Waals surface area contributed by atoms with Crippen LogP contribution in [0.2, 0.25) is 0 Å². The standard InChI is InChI=1S/C31H32N4O3S/c1-3-4-19-39-31-33-30-32-22(2)27(29(36)38-21-24-13-9-6-10-14-24)28(35(30)34-31)25-15-17-26(18-16-25)37-20-23-11-7-5-8-12-23/h5-18,28H,3-4,19-21H2,1-2H3,(H,32,33,34). The lowest BCUT2D eigenvalue weighted by Crippen LogP contribution is -2.29. The molecule has 1 aliphatic heterocycles. The molecular formula is C31H32N4O3S. The summed E-state index contributed by atoms with van der Waals surface area (Å²) in [4.78, 5) is 18.2. The zero-order valence-electron chi connectivity index (χ0n) is 22.2. The number of aromatic nitrogens is 3. The van der Waals surface area contributed by atoms with Crippen LogP contribution in [0, 0.1) is 0 Å². The van der Waals surface area contributed by atoms with Gasteiger partial charge in [0.05, 0.1) is 5.57 Å². The molecular weight excluding hydrogens is 508 g/mol. The third-order valence-corrected chi connectivity index (χ3v) is 7.36. The van der Waals surface area contributed by atoms with Crippen LogP contribution in [0.25, 0.3) is 0 Å². The lowest BCUT2D eigenvalue weighted by molar-refractivity contribution is -0.140. The summed E-state index contributed by atoms with van der Waals surface area (Å²) in [5, 5.41) is 8.76. The first-order valence-electron chi connectivity index (χ1n) is 13.2. The topological polar surface area (TPSA) is 78.3 Å². The fourth-order valence-electron chi connectivity index (χ4n) is 4.36. The van der Waals surface area contributed by atoms with E-state index in [4.69, 9.17) is 19.6 Å². The second-order valence-corrected chi connectivity index (χ2v) is 10.4. The molecule has 0 spiro atoms. The van der Waals surface area contributed by atoms with Gasteiger partial charge in [0.2, 0.25) is 11.1 Å².